The molecule has 0 saturated heterocycles. The van der Waals surface area contributed by atoms with E-state index in [0.717, 1.165) is 0 Å². The molecule has 0 aromatic carbocycles. The zero-order valence-corrected chi connectivity index (χ0v) is 16.7. The normalized spacial score (nSPS) is 19.2. The molecule has 0 spiro atoms. The van der Waals surface area contributed by atoms with Crippen LogP contribution in [0.1, 0.15) is 0 Å². The number of rotatable bonds is 13. The van der Waals surface area contributed by atoms with Crippen LogP contribution in [0.4, 0.5) is 0 Å². The van der Waals surface area contributed by atoms with Crippen LogP contribution < -0.4 is 0 Å². The average molecular weight is 480 g/mol. The second kappa shape index (κ2) is 20.1. The maximum Gasteiger partial charge on any atom is 0.189 e. The molecule has 0 aliphatic rings. The van der Waals surface area contributed by atoms with Gasteiger partial charge in [-0.25, -0.2) is 0 Å². The Bertz CT molecular complexity index is 465. The molecular weight excluding hydrogens is 448 g/mol. The van der Waals surface area contributed by atoms with Gasteiger partial charge in [-0.2, -0.15) is 0 Å². The number of Topliss-reactive ketones (excluding diaryl/α,β-unsaturated/α-hetero) is 1. The smallest absolute Gasteiger partial charge is 0.189 e. The Morgan fingerprint density at radius 2 is 0.844 bits per heavy atom. The summed E-state index contributed by atoms with van der Waals surface area (Å²) in [6, 6.07) is 0. The van der Waals surface area contributed by atoms with Crippen LogP contribution in [-0.4, -0.2) is 166 Å². The summed E-state index contributed by atoms with van der Waals surface area (Å²) in [5.74, 6) is -1.00. The van der Waals surface area contributed by atoms with Gasteiger partial charge in [0.2, 0.25) is 0 Å². The number of carbonyl (C=O) groups excluding carboxylic acids is 3. The Balaban J connectivity index is -0.000000397. The van der Waals surface area contributed by atoms with Gasteiger partial charge < -0.3 is 76.0 Å². The maximum absolute atomic E-state index is 10.5. The van der Waals surface area contributed by atoms with Gasteiger partial charge in [0, 0.05) is 0 Å². The molecule has 0 saturated carbocycles. The van der Waals surface area contributed by atoms with Crippen LogP contribution in [0.3, 0.4) is 0 Å². The Morgan fingerprint density at radius 1 is 0.562 bits per heavy atom. The lowest BCUT2D eigenvalue weighted by Gasteiger charge is -2.19. The van der Waals surface area contributed by atoms with Crippen LogP contribution >= 0.6 is 0 Å². The summed E-state index contributed by atoms with van der Waals surface area (Å²) in [5.41, 5.74) is 0. The van der Waals surface area contributed by atoms with E-state index in [4.69, 9.17) is 66.4 Å². The molecule has 0 unspecified atom stereocenters. The number of hydrogen-bond acceptors (Lipinski definition) is 16. The monoisotopic (exact) mass is 480 g/mol. The number of ketones is 1. The molecular formula is C16H32O16. The predicted octanol–water partition coefficient (Wildman–Crippen LogP) is -8.86. The third kappa shape index (κ3) is 14.5. The van der Waals surface area contributed by atoms with Gasteiger partial charge >= 0.3 is 0 Å². The van der Waals surface area contributed by atoms with Gasteiger partial charge in [0.15, 0.2) is 18.4 Å². The molecule has 0 rings (SSSR count). The highest BCUT2D eigenvalue weighted by Crippen LogP contribution is 2.00. The Morgan fingerprint density at radius 3 is 1.06 bits per heavy atom. The fourth-order valence-electron chi connectivity index (χ4n) is 1.43. The fourth-order valence-corrected chi connectivity index (χ4v) is 1.43. The molecule has 0 fully saturated rings. The van der Waals surface area contributed by atoms with E-state index in [1.165, 1.54) is 0 Å². The zero-order valence-electron chi connectivity index (χ0n) is 16.7. The fraction of sp³-hybridized carbons (Fsp3) is 0.812. The first-order valence-corrected chi connectivity index (χ1v) is 8.80. The molecule has 0 aromatic heterocycles. The van der Waals surface area contributed by atoms with Gasteiger partial charge in [0.05, 0.1) is 19.8 Å². The van der Waals surface area contributed by atoms with E-state index >= 15 is 0 Å². The first kappa shape index (κ1) is 35.1. The van der Waals surface area contributed by atoms with Gasteiger partial charge in [-0.1, -0.05) is 0 Å². The highest BCUT2D eigenvalue weighted by Gasteiger charge is 2.29. The first-order valence-electron chi connectivity index (χ1n) is 8.80. The van der Waals surface area contributed by atoms with E-state index in [0.29, 0.717) is 0 Å². The van der Waals surface area contributed by atoms with Crippen LogP contribution in [0.5, 0.6) is 0 Å². The molecule has 0 heterocycles. The Kier molecular flexibility index (Phi) is 22.1. The van der Waals surface area contributed by atoms with Crippen molar-refractivity contribution >= 4 is 18.4 Å². The molecule has 0 aliphatic carbocycles. The summed E-state index contributed by atoms with van der Waals surface area (Å²) in [6.07, 6.45) is -14.5. The minimum Gasteiger partial charge on any atom is -0.394 e. The topological polar surface area (TPSA) is 314 Å². The summed E-state index contributed by atoms with van der Waals surface area (Å²) in [4.78, 5) is 30.0. The SMILES string of the molecule is O=C(CO)[C@@H](O)[C@H](O)[C@H](O)CO.O=C[C@H](O)[C@@H](O)[C@@H](O)CO.O=C[C@H](O)[C@@H](O)[C@H](O)CO. The molecule has 192 valence electrons. The van der Waals surface area contributed by atoms with Crippen molar-refractivity contribution < 1.29 is 80.8 Å². The van der Waals surface area contributed by atoms with Crippen molar-refractivity contribution in [2.45, 2.75) is 54.9 Å². The largest absolute Gasteiger partial charge is 0.394 e. The van der Waals surface area contributed by atoms with Crippen molar-refractivity contribution in [1.29, 1.82) is 0 Å². The predicted molar refractivity (Wildman–Crippen MR) is 99.5 cm³/mol. The maximum atomic E-state index is 10.5. The van der Waals surface area contributed by atoms with Crippen LogP contribution in [0.25, 0.3) is 0 Å². The van der Waals surface area contributed by atoms with E-state index in [2.05, 4.69) is 0 Å². The van der Waals surface area contributed by atoms with Crippen molar-refractivity contribution in [2.24, 2.45) is 0 Å². The van der Waals surface area contributed by atoms with Crippen molar-refractivity contribution in [3.05, 3.63) is 0 Å². The van der Waals surface area contributed by atoms with E-state index in [-0.39, 0.29) is 12.6 Å². The van der Waals surface area contributed by atoms with E-state index in [9.17, 15) is 14.4 Å². The lowest BCUT2D eigenvalue weighted by atomic mass is 10.1. The number of aldehydes is 2. The quantitative estimate of drug-likeness (QED) is 0.109. The van der Waals surface area contributed by atoms with Gasteiger partial charge in [-0.15, -0.1) is 0 Å². The number of carbonyl (C=O) groups is 3. The molecule has 13 N–H and O–H groups in total. The number of aliphatic hydroxyl groups excluding tert-OH is 13. The van der Waals surface area contributed by atoms with Gasteiger partial charge in [0.1, 0.15) is 61.5 Å². The highest BCUT2D eigenvalue weighted by molar-refractivity contribution is 5.84. The van der Waals surface area contributed by atoms with Crippen molar-refractivity contribution in [1.82, 2.24) is 0 Å². The van der Waals surface area contributed by atoms with E-state index in [1.54, 1.807) is 0 Å². The van der Waals surface area contributed by atoms with Crippen LogP contribution in [-0.2, 0) is 14.4 Å². The van der Waals surface area contributed by atoms with Gasteiger partial charge in [-0.3, -0.25) is 4.79 Å². The number of hydrogen-bond donors (Lipinski definition) is 13. The molecule has 0 amide bonds. The summed E-state index contributed by atoms with van der Waals surface area (Å²) < 4.78 is 0. The van der Waals surface area contributed by atoms with Crippen LogP contribution in [0, 0.1) is 0 Å². The summed E-state index contributed by atoms with van der Waals surface area (Å²) in [7, 11) is 0. The van der Waals surface area contributed by atoms with Gasteiger partial charge in [0.25, 0.3) is 0 Å². The first-order chi connectivity index (χ1) is 14.8. The second-order valence-corrected chi connectivity index (χ2v) is 6.04. The lowest BCUT2D eigenvalue weighted by Crippen LogP contribution is -2.44. The summed E-state index contributed by atoms with van der Waals surface area (Å²) >= 11 is 0. The van der Waals surface area contributed by atoms with Gasteiger partial charge in [-0.05, 0) is 0 Å². The molecule has 0 radical (unpaired) electrons. The minimum absolute atomic E-state index is 0.0869. The molecule has 16 nitrogen and oxygen atoms in total. The molecule has 0 aliphatic heterocycles. The van der Waals surface area contributed by atoms with E-state index in [1.807, 2.05) is 0 Å². The average Bonchev–Trinajstić information content (AvgIpc) is 2.84. The minimum atomic E-state index is -1.86. The lowest BCUT2D eigenvalue weighted by molar-refractivity contribution is -0.142. The van der Waals surface area contributed by atoms with E-state index < -0.39 is 87.1 Å². The highest BCUT2D eigenvalue weighted by atomic mass is 16.4. The Hall–Kier alpha value is -1.51. The van der Waals surface area contributed by atoms with Crippen molar-refractivity contribution in [3.8, 4) is 0 Å². The molecule has 0 aromatic rings. The zero-order chi connectivity index (χ0) is 26.0. The van der Waals surface area contributed by atoms with Crippen LogP contribution in [0.2, 0.25) is 0 Å². The third-order valence-corrected chi connectivity index (χ3v) is 3.53. The third-order valence-electron chi connectivity index (χ3n) is 3.53. The summed E-state index contributed by atoms with van der Waals surface area (Å²) in [6.45, 7) is -3.06. The molecule has 9 atom stereocenters. The van der Waals surface area contributed by atoms with Crippen molar-refractivity contribution in [3.63, 3.8) is 0 Å². The number of aliphatic hydroxyl groups is 13. The standard InChI is InChI=1S/C6H12O6.2C5H10O5/c7-1-3(9)5(11)6(12)4(10)2-8;2*6-1-3(8)5(10)4(9)2-7/h3,5-9,11-12H,1-2H2;2*1,3-5,7-10H,2H2/t3-,5-,6-;3-,4+,5+;3-,4-,5+/m100/s1. The Labute approximate surface area is 181 Å². The molecule has 16 heteroatoms. The second-order valence-electron chi connectivity index (χ2n) is 6.04. The summed E-state index contributed by atoms with van der Waals surface area (Å²) in [5, 5.41) is 111. The van der Waals surface area contributed by atoms with Crippen molar-refractivity contribution in [2.75, 3.05) is 26.4 Å². The molecule has 32 heavy (non-hydrogen) atoms. The van der Waals surface area contributed by atoms with Crippen LogP contribution in [0.15, 0.2) is 0 Å². The molecule has 0 bridgehead atoms.